The van der Waals surface area contributed by atoms with Crippen molar-refractivity contribution in [3.63, 3.8) is 0 Å². The third-order valence-corrected chi connectivity index (χ3v) is 3.64. The highest BCUT2D eigenvalue weighted by Gasteiger charge is 2.26. The van der Waals surface area contributed by atoms with E-state index in [2.05, 4.69) is 10.2 Å². The summed E-state index contributed by atoms with van der Waals surface area (Å²) in [6.45, 7) is 6.75. The van der Waals surface area contributed by atoms with Crippen LogP contribution in [0.1, 0.15) is 49.7 Å². The van der Waals surface area contributed by atoms with Gasteiger partial charge in [0.05, 0.1) is 11.4 Å². The zero-order valence-electron chi connectivity index (χ0n) is 11.6. The lowest BCUT2D eigenvalue weighted by Gasteiger charge is -2.14. The molecule has 104 valence electrons. The van der Waals surface area contributed by atoms with E-state index in [4.69, 9.17) is 11.6 Å². The smallest absolute Gasteiger partial charge is 0.133 e. The van der Waals surface area contributed by atoms with E-state index in [9.17, 15) is 5.11 Å². The molecule has 2 heterocycles. The molecule has 0 radical (unpaired) electrons. The van der Waals surface area contributed by atoms with Crippen molar-refractivity contribution < 1.29 is 5.11 Å². The number of aliphatic hydroxyl groups excluding tert-OH is 1. The molecule has 0 saturated carbocycles. The van der Waals surface area contributed by atoms with Crippen LogP contribution in [0.2, 0.25) is 5.15 Å². The average molecular weight is 283 g/mol. The highest BCUT2D eigenvalue weighted by atomic mass is 35.5. The topological polar surface area (TPSA) is 55.9 Å². The fourth-order valence-electron chi connectivity index (χ4n) is 2.21. The second-order valence-electron chi connectivity index (χ2n) is 4.84. The predicted octanol–water partition coefficient (Wildman–Crippen LogP) is 2.50. The van der Waals surface area contributed by atoms with Crippen molar-refractivity contribution in [2.24, 2.45) is 7.05 Å². The van der Waals surface area contributed by atoms with Crippen LogP contribution in [-0.4, -0.2) is 24.7 Å². The van der Waals surface area contributed by atoms with E-state index < -0.39 is 6.10 Å². The first kappa shape index (κ1) is 14.1. The van der Waals surface area contributed by atoms with Gasteiger partial charge >= 0.3 is 0 Å². The summed E-state index contributed by atoms with van der Waals surface area (Å²) in [6, 6.07) is 1.81. The van der Waals surface area contributed by atoms with Gasteiger partial charge in [-0.25, -0.2) is 0 Å². The molecule has 6 heteroatoms. The summed E-state index contributed by atoms with van der Waals surface area (Å²) in [5, 5.41) is 19.7. The molecule has 1 atom stereocenters. The van der Waals surface area contributed by atoms with Gasteiger partial charge in [-0.1, -0.05) is 25.4 Å². The maximum Gasteiger partial charge on any atom is 0.133 e. The average Bonchev–Trinajstić information content (AvgIpc) is 2.94. The minimum Gasteiger partial charge on any atom is -0.382 e. The monoisotopic (exact) mass is 282 g/mol. The molecule has 0 amide bonds. The van der Waals surface area contributed by atoms with E-state index in [1.54, 1.807) is 22.6 Å². The maximum atomic E-state index is 10.6. The molecule has 1 N–H and O–H groups in total. The Morgan fingerprint density at radius 3 is 2.68 bits per heavy atom. The summed E-state index contributed by atoms with van der Waals surface area (Å²) >= 11 is 6.28. The highest BCUT2D eigenvalue weighted by molar-refractivity contribution is 6.30. The summed E-state index contributed by atoms with van der Waals surface area (Å²) in [4.78, 5) is 0. The SMILES string of the molecule is CCn1nccc1C(O)c1c(C(C)C)nn(C)c1Cl. The van der Waals surface area contributed by atoms with Gasteiger partial charge in [0.15, 0.2) is 0 Å². The van der Waals surface area contributed by atoms with Crippen LogP contribution in [0.25, 0.3) is 0 Å². The molecule has 0 fully saturated rings. The number of aromatic nitrogens is 4. The lowest BCUT2D eigenvalue weighted by molar-refractivity contribution is 0.206. The van der Waals surface area contributed by atoms with Crippen LogP contribution in [0.15, 0.2) is 12.3 Å². The van der Waals surface area contributed by atoms with Crippen molar-refractivity contribution in [3.8, 4) is 0 Å². The van der Waals surface area contributed by atoms with E-state index in [1.807, 2.05) is 26.8 Å². The van der Waals surface area contributed by atoms with Gasteiger partial charge in [0.25, 0.3) is 0 Å². The Hall–Kier alpha value is -1.33. The molecule has 2 aromatic rings. The number of hydrogen-bond donors (Lipinski definition) is 1. The lowest BCUT2D eigenvalue weighted by Crippen LogP contribution is -2.11. The Morgan fingerprint density at radius 2 is 2.11 bits per heavy atom. The van der Waals surface area contributed by atoms with E-state index in [0.29, 0.717) is 17.3 Å². The van der Waals surface area contributed by atoms with Crippen LogP contribution in [0.5, 0.6) is 0 Å². The second-order valence-corrected chi connectivity index (χ2v) is 5.20. The predicted molar refractivity (Wildman–Crippen MR) is 74.3 cm³/mol. The van der Waals surface area contributed by atoms with E-state index in [-0.39, 0.29) is 5.92 Å². The summed E-state index contributed by atoms with van der Waals surface area (Å²) in [6.07, 6.45) is 0.877. The number of halogens is 1. The molecule has 0 aliphatic rings. The molecule has 5 nitrogen and oxygen atoms in total. The Balaban J connectivity index is 2.52. The molecule has 2 aromatic heterocycles. The van der Waals surface area contributed by atoms with Crippen molar-refractivity contribution in [2.75, 3.05) is 0 Å². The molecule has 0 spiro atoms. The molecule has 0 saturated heterocycles. The van der Waals surface area contributed by atoms with Crippen molar-refractivity contribution in [3.05, 3.63) is 34.4 Å². The first-order valence-corrected chi connectivity index (χ1v) is 6.77. The van der Waals surface area contributed by atoms with Crippen molar-refractivity contribution >= 4 is 11.6 Å². The molecule has 1 unspecified atom stereocenters. The van der Waals surface area contributed by atoms with Gasteiger partial charge in [0, 0.05) is 25.4 Å². The normalized spacial score (nSPS) is 13.2. The second kappa shape index (κ2) is 5.35. The van der Waals surface area contributed by atoms with Gasteiger partial charge in [0.1, 0.15) is 11.3 Å². The zero-order valence-corrected chi connectivity index (χ0v) is 12.4. The summed E-state index contributed by atoms with van der Waals surface area (Å²) in [5.41, 5.74) is 2.23. The van der Waals surface area contributed by atoms with Crippen LogP contribution in [-0.2, 0) is 13.6 Å². The van der Waals surface area contributed by atoms with Crippen molar-refractivity contribution in [1.29, 1.82) is 0 Å². The van der Waals surface area contributed by atoms with Gasteiger partial charge in [-0.05, 0) is 18.9 Å². The van der Waals surface area contributed by atoms with E-state index in [0.717, 1.165) is 11.4 Å². The van der Waals surface area contributed by atoms with Crippen LogP contribution in [0.4, 0.5) is 0 Å². The number of rotatable bonds is 4. The Morgan fingerprint density at radius 1 is 1.42 bits per heavy atom. The van der Waals surface area contributed by atoms with Crippen LogP contribution in [0.3, 0.4) is 0 Å². The molecule has 19 heavy (non-hydrogen) atoms. The third kappa shape index (κ3) is 2.40. The summed E-state index contributed by atoms with van der Waals surface area (Å²) in [7, 11) is 1.78. The first-order chi connectivity index (χ1) is 8.97. The number of aryl methyl sites for hydroxylation is 2. The molecule has 2 rings (SSSR count). The molecular weight excluding hydrogens is 264 g/mol. The molecule has 0 aromatic carbocycles. The first-order valence-electron chi connectivity index (χ1n) is 6.39. The maximum absolute atomic E-state index is 10.6. The Labute approximate surface area is 117 Å². The van der Waals surface area contributed by atoms with Crippen molar-refractivity contribution in [2.45, 2.75) is 39.3 Å². The van der Waals surface area contributed by atoms with Gasteiger partial charge in [0.2, 0.25) is 0 Å². The number of nitrogens with zero attached hydrogens (tertiary/aromatic N) is 4. The lowest BCUT2D eigenvalue weighted by atomic mass is 10.0. The van der Waals surface area contributed by atoms with Crippen molar-refractivity contribution in [1.82, 2.24) is 19.6 Å². The summed E-state index contributed by atoms with van der Waals surface area (Å²) in [5.74, 6) is 0.196. The van der Waals surface area contributed by atoms with Crippen LogP contribution >= 0.6 is 11.6 Å². The third-order valence-electron chi connectivity index (χ3n) is 3.19. The van der Waals surface area contributed by atoms with Gasteiger partial charge < -0.3 is 5.11 Å². The fraction of sp³-hybridized carbons (Fsp3) is 0.538. The Kier molecular flexibility index (Phi) is 3.96. The standard InChI is InChI=1S/C13H19ClN4O/c1-5-18-9(6-7-15-18)12(19)10-11(8(2)3)16-17(4)13(10)14/h6-8,12,19H,5H2,1-4H3. The number of aliphatic hydroxyl groups is 1. The minimum absolute atomic E-state index is 0.196. The number of hydrogen-bond acceptors (Lipinski definition) is 3. The highest BCUT2D eigenvalue weighted by Crippen LogP contribution is 2.34. The quantitative estimate of drug-likeness (QED) is 0.937. The largest absolute Gasteiger partial charge is 0.382 e. The Bertz CT molecular complexity index is 573. The van der Waals surface area contributed by atoms with Crippen LogP contribution < -0.4 is 0 Å². The molecule has 0 bridgehead atoms. The van der Waals surface area contributed by atoms with Crippen LogP contribution in [0, 0.1) is 0 Å². The van der Waals surface area contributed by atoms with Gasteiger partial charge in [-0.2, -0.15) is 10.2 Å². The molecular formula is C13H19ClN4O. The van der Waals surface area contributed by atoms with E-state index in [1.165, 1.54) is 0 Å². The van der Waals surface area contributed by atoms with E-state index >= 15 is 0 Å². The molecule has 0 aliphatic carbocycles. The minimum atomic E-state index is -0.805. The van der Waals surface area contributed by atoms with Gasteiger partial charge in [-0.3, -0.25) is 9.36 Å². The van der Waals surface area contributed by atoms with Gasteiger partial charge in [-0.15, -0.1) is 0 Å². The summed E-state index contributed by atoms with van der Waals surface area (Å²) < 4.78 is 3.36. The zero-order chi connectivity index (χ0) is 14.2. The fourth-order valence-corrected chi connectivity index (χ4v) is 2.44. The molecule has 0 aliphatic heterocycles.